The molecule has 0 aliphatic carbocycles. The monoisotopic (exact) mass is 403 g/mol. The molecule has 2 heterocycles. The lowest BCUT2D eigenvalue weighted by molar-refractivity contribution is 0.119. The zero-order valence-electron chi connectivity index (χ0n) is 16.0. The number of aromatic nitrogens is 2. The van der Waals surface area contributed by atoms with E-state index in [0.29, 0.717) is 36.5 Å². The van der Waals surface area contributed by atoms with E-state index in [1.165, 1.54) is 0 Å². The van der Waals surface area contributed by atoms with Crippen LogP contribution < -0.4 is 11.0 Å². The van der Waals surface area contributed by atoms with Crippen LogP contribution in [0.5, 0.6) is 5.75 Å². The number of rotatable bonds is 5. The number of aliphatic hydroxyl groups is 1. The number of aryl methyl sites for hydroxylation is 2. The van der Waals surface area contributed by atoms with Gasteiger partial charge in [0.25, 0.3) is 0 Å². The molecule has 3 unspecified atom stereocenters. The first-order chi connectivity index (χ1) is 13.8. The number of H-pyrrole nitrogens is 1. The van der Waals surface area contributed by atoms with Crippen LogP contribution in [0.15, 0.2) is 35.1 Å². The van der Waals surface area contributed by atoms with Gasteiger partial charge < -0.3 is 20.5 Å². The summed E-state index contributed by atoms with van der Waals surface area (Å²) in [6.45, 7) is 2.38. The van der Waals surface area contributed by atoms with E-state index in [1.807, 2.05) is 19.1 Å². The van der Waals surface area contributed by atoms with Crippen molar-refractivity contribution >= 4 is 11.0 Å². The summed E-state index contributed by atoms with van der Waals surface area (Å²) in [6, 6.07) is 6.84. The predicted molar refractivity (Wildman–Crippen MR) is 105 cm³/mol. The number of para-hydroxylation sites is 1. The first kappa shape index (κ1) is 19.6. The van der Waals surface area contributed by atoms with Crippen LogP contribution in [-0.4, -0.2) is 31.8 Å². The van der Waals surface area contributed by atoms with Crippen LogP contribution in [0.2, 0.25) is 0 Å². The number of aromatic hydroxyl groups is 1. The number of phenols is 1. The van der Waals surface area contributed by atoms with Crippen LogP contribution in [0, 0.1) is 11.6 Å². The highest BCUT2D eigenvalue weighted by atomic mass is 19.1. The van der Waals surface area contributed by atoms with Gasteiger partial charge in [0.1, 0.15) is 5.82 Å². The summed E-state index contributed by atoms with van der Waals surface area (Å²) in [5, 5.41) is 24.1. The molecule has 8 heteroatoms. The first-order valence-electron chi connectivity index (χ1n) is 9.67. The Kier molecular flexibility index (Phi) is 5.14. The van der Waals surface area contributed by atoms with Crippen molar-refractivity contribution in [1.29, 1.82) is 0 Å². The Morgan fingerprint density at radius 1 is 1.34 bits per heavy atom. The fourth-order valence-electron chi connectivity index (χ4n) is 4.15. The molecule has 0 radical (unpaired) electrons. The normalized spacial score (nSPS) is 20.0. The van der Waals surface area contributed by atoms with Gasteiger partial charge in [0.2, 0.25) is 0 Å². The third-order valence-electron chi connectivity index (χ3n) is 5.64. The van der Waals surface area contributed by atoms with E-state index in [4.69, 9.17) is 0 Å². The number of nitrogens with zero attached hydrogens (tertiary/aromatic N) is 1. The van der Waals surface area contributed by atoms with Crippen LogP contribution in [0.4, 0.5) is 8.78 Å². The van der Waals surface area contributed by atoms with Crippen LogP contribution in [0.3, 0.4) is 0 Å². The third-order valence-corrected chi connectivity index (χ3v) is 5.64. The van der Waals surface area contributed by atoms with Crippen molar-refractivity contribution in [2.75, 3.05) is 0 Å². The minimum Gasteiger partial charge on any atom is -0.505 e. The molecule has 0 amide bonds. The van der Waals surface area contributed by atoms with E-state index in [9.17, 15) is 23.8 Å². The van der Waals surface area contributed by atoms with E-state index in [2.05, 4.69) is 10.3 Å². The highest BCUT2D eigenvalue weighted by molar-refractivity contribution is 5.79. The van der Waals surface area contributed by atoms with E-state index < -0.39 is 23.5 Å². The van der Waals surface area contributed by atoms with Crippen molar-refractivity contribution in [2.45, 2.75) is 50.9 Å². The molecule has 1 aliphatic heterocycles. The van der Waals surface area contributed by atoms with Gasteiger partial charge in [-0.25, -0.2) is 13.6 Å². The maximum atomic E-state index is 13.5. The smallest absolute Gasteiger partial charge is 0.326 e. The minimum absolute atomic E-state index is 0.0877. The second kappa shape index (κ2) is 7.61. The Labute approximate surface area is 165 Å². The zero-order chi connectivity index (χ0) is 20.7. The van der Waals surface area contributed by atoms with E-state index in [-0.39, 0.29) is 29.8 Å². The number of hydrogen-bond donors (Lipinski definition) is 4. The Morgan fingerprint density at radius 2 is 2.14 bits per heavy atom. The fraction of sp³-hybridized carbons (Fsp3) is 0.381. The fourth-order valence-corrected chi connectivity index (χ4v) is 4.15. The van der Waals surface area contributed by atoms with Crippen LogP contribution in [0.1, 0.15) is 37.0 Å². The van der Waals surface area contributed by atoms with Gasteiger partial charge in [0, 0.05) is 30.3 Å². The molecule has 0 spiro atoms. The minimum atomic E-state index is -0.972. The van der Waals surface area contributed by atoms with Crippen molar-refractivity contribution in [3.8, 4) is 5.75 Å². The van der Waals surface area contributed by atoms with E-state index >= 15 is 0 Å². The van der Waals surface area contributed by atoms with Crippen LogP contribution in [0.25, 0.3) is 11.0 Å². The van der Waals surface area contributed by atoms with Crippen LogP contribution in [-0.2, 0) is 13.0 Å². The number of benzene rings is 2. The average Bonchev–Trinajstić information content (AvgIpc) is 2.93. The molecule has 29 heavy (non-hydrogen) atoms. The highest BCUT2D eigenvalue weighted by Gasteiger charge is 2.29. The van der Waals surface area contributed by atoms with Crippen molar-refractivity contribution in [2.24, 2.45) is 0 Å². The summed E-state index contributed by atoms with van der Waals surface area (Å²) in [5.41, 5.74) is 2.13. The summed E-state index contributed by atoms with van der Waals surface area (Å²) in [5.74, 6) is -2.23. The van der Waals surface area contributed by atoms with Crippen molar-refractivity contribution in [1.82, 2.24) is 14.9 Å². The topological polar surface area (TPSA) is 90.3 Å². The van der Waals surface area contributed by atoms with Gasteiger partial charge in [-0.05, 0) is 43.9 Å². The molecule has 1 aliphatic rings. The van der Waals surface area contributed by atoms with Gasteiger partial charge in [-0.3, -0.25) is 4.57 Å². The lowest BCUT2D eigenvalue weighted by Crippen LogP contribution is -2.41. The molecule has 0 saturated heterocycles. The highest BCUT2D eigenvalue weighted by Crippen LogP contribution is 2.30. The molecule has 4 rings (SSSR count). The number of nitrogens with one attached hydrogen (secondary N) is 2. The van der Waals surface area contributed by atoms with E-state index in [0.717, 1.165) is 11.6 Å². The zero-order valence-corrected chi connectivity index (χ0v) is 16.0. The third kappa shape index (κ3) is 3.65. The molecule has 4 N–H and O–H groups in total. The van der Waals surface area contributed by atoms with Gasteiger partial charge in [0.15, 0.2) is 11.6 Å². The molecular weight excluding hydrogens is 380 g/mol. The lowest BCUT2D eigenvalue weighted by Gasteiger charge is -2.26. The number of halogens is 2. The molecule has 3 atom stereocenters. The summed E-state index contributed by atoms with van der Waals surface area (Å²) in [7, 11) is 0. The lowest BCUT2D eigenvalue weighted by atomic mass is 9.98. The molecule has 0 saturated carbocycles. The first-order valence-corrected chi connectivity index (χ1v) is 9.67. The van der Waals surface area contributed by atoms with Crippen molar-refractivity contribution < 1.29 is 19.0 Å². The Morgan fingerprint density at radius 3 is 2.93 bits per heavy atom. The largest absolute Gasteiger partial charge is 0.505 e. The molecule has 6 nitrogen and oxygen atoms in total. The molecule has 2 aromatic carbocycles. The second-order valence-electron chi connectivity index (χ2n) is 7.67. The Balaban J connectivity index is 1.48. The van der Waals surface area contributed by atoms with Gasteiger partial charge in [-0.2, -0.15) is 0 Å². The summed E-state index contributed by atoms with van der Waals surface area (Å²) in [4.78, 5) is 15.0. The summed E-state index contributed by atoms with van der Waals surface area (Å²) in [6.07, 6.45) is 0.543. The number of phenolic OH excluding ortho intramolecular Hbond substituents is 1. The summed E-state index contributed by atoms with van der Waals surface area (Å²) >= 11 is 0. The number of aromatic amines is 1. The van der Waals surface area contributed by atoms with E-state index in [1.54, 1.807) is 10.6 Å². The maximum absolute atomic E-state index is 13.5. The van der Waals surface area contributed by atoms with Crippen molar-refractivity contribution in [3.05, 3.63) is 63.6 Å². The van der Waals surface area contributed by atoms with Gasteiger partial charge in [-0.1, -0.05) is 12.1 Å². The molecule has 0 bridgehead atoms. The SMILES string of the molecule is CC(CCc1cc(F)cc(F)c1O)NC1CCn2c(=O)[nH]c3cccc(c32)C1O. The predicted octanol–water partition coefficient (Wildman–Crippen LogP) is 2.73. The molecular formula is C21H23F2N3O3. The average molecular weight is 403 g/mol. The maximum Gasteiger partial charge on any atom is 0.326 e. The van der Waals surface area contributed by atoms with Crippen molar-refractivity contribution in [3.63, 3.8) is 0 Å². The summed E-state index contributed by atoms with van der Waals surface area (Å²) < 4.78 is 28.6. The van der Waals surface area contributed by atoms with Gasteiger partial charge in [0.05, 0.1) is 17.1 Å². The molecule has 0 fully saturated rings. The standard InChI is InChI=1S/C21H23F2N3O3/c1-11(5-6-12-9-13(22)10-15(23)19(12)27)24-17-7-8-26-18-14(20(17)28)3-2-4-16(18)25-21(26)29/h2-4,9-11,17,20,24,27-28H,5-8H2,1H3,(H,25,29). The Hall–Kier alpha value is -2.71. The molecule has 3 aromatic rings. The van der Waals surface area contributed by atoms with Gasteiger partial charge in [-0.15, -0.1) is 0 Å². The second-order valence-corrected chi connectivity index (χ2v) is 7.67. The van der Waals surface area contributed by atoms with Crippen LogP contribution >= 0.6 is 0 Å². The quantitative estimate of drug-likeness (QED) is 0.527. The number of imidazole rings is 1. The number of aliphatic hydroxyl groups excluding tert-OH is 1. The molecule has 1 aromatic heterocycles. The Bertz CT molecular complexity index is 1110. The molecule has 154 valence electrons. The van der Waals surface area contributed by atoms with Gasteiger partial charge >= 0.3 is 5.69 Å². The number of hydrogen-bond acceptors (Lipinski definition) is 4.